The van der Waals surface area contributed by atoms with Crippen molar-refractivity contribution in [3.05, 3.63) is 65.4 Å². The smallest absolute Gasteiger partial charge is 0.276 e. The van der Waals surface area contributed by atoms with Crippen LogP contribution in [0.4, 0.5) is 0 Å². The fourth-order valence-corrected chi connectivity index (χ4v) is 3.30. The Morgan fingerprint density at radius 3 is 2.67 bits per heavy atom. The fourth-order valence-electron chi connectivity index (χ4n) is 3.30. The molecule has 0 bridgehead atoms. The summed E-state index contributed by atoms with van der Waals surface area (Å²) in [6.45, 7) is -0.194. The molecule has 2 amide bonds. The number of hydrogen-bond acceptors (Lipinski definition) is 4. The molecule has 0 atom stereocenters. The molecule has 138 valence electrons. The van der Waals surface area contributed by atoms with Crippen LogP contribution in [0.3, 0.4) is 0 Å². The lowest BCUT2D eigenvalue weighted by atomic mass is 9.96. The van der Waals surface area contributed by atoms with E-state index in [4.69, 9.17) is 9.15 Å². The van der Waals surface area contributed by atoms with Crippen LogP contribution in [0.15, 0.2) is 52.9 Å². The molecule has 27 heavy (non-hydrogen) atoms. The minimum Gasteiger partial charge on any atom is -0.484 e. The van der Waals surface area contributed by atoms with Crippen molar-refractivity contribution >= 4 is 22.8 Å². The second-order valence-electron chi connectivity index (χ2n) is 6.53. The zero-order chi connectivity index (χ0) is 18.6. The van der Waals surface area contributed by atoms with Gasteiger partial charge in [0.2, 0.25) is 0 Å². The molecule has 0 saturated carbocycles. The Labute approximate surface area is 156 Å². The van der Waals surface area contributed by atoms with Crippen molar-refractivity contribution in [2.75, 3.05) is 6.61 Å². The zero-order valence-electron chi connectivity index (χ0n) is 14.8. The average molecular weight is 364 g/mol. The minimum absolute atomic E-state index is 0.194. The van der Waals surface area contributed by atoms with Gasteiger partial charge < -0.3 is 9.15 Å². The Bertz CT molecular complexity index is 979. The molecule has 0 unspecified atom stereocenters. The summed E-state index contributed by atoms with van der Waals surface area (Å²) >= 11 is 0. The normalized spacial score (nSPS) is 13.0. The maximum Gasteiger partial charge on any atom is 0.276 e. The molecule has 2 aromatic carbocycles. The van der Waals surface area contributed by atoms with E-state index < -0.39 is 5.91 Å². The summed E-state index contributed by atoms with van der Waals surface area (Å²) in [7, 11) is 0. The van der Waals surface area contributed by atoms with E-state index in [0.29, 0.717) is 11.3 Å². The Morgan fingerprint density at radius 1 is 1.00 bits per heavy atom. The Balaban J connectivity index is 1.34. The van der Waals surface area contributed by atoms with Crippen molar-refractivity contribution in [1.29, 1.82) is 0 Å². The van der Waals surface area contributed by atoms with Crippen LogP contribution in [0.2, 0.25) is 0 Å². The SMILES string of the molecule is O=C(COc1ccc2oc3c(c2c1)CCCC3)NNC(=O)c1ccccc1. The summed E-state index contributed by atoms with van der Waals surface area (Å²) in [5.41, 5.74) is 7.29. The number of fused-ring (bicyclic) bond motifs is 3. The van der Waals surface area contributed by atoms with Gasteiger partial charge in [0.15, 0.2) is 6.61 Å². The quantitative estimate of drug-likeness (QED) is 0.697. The fraction of sp³-hybridized carbons (Fsp3) is 0.238. The number of rotatable bonds is 4. The zero-order valence-corrected chi connectivity index (χ0v) is 14.8. The molecule has 0 radical (unpaired) electrons. The number of carbonyl (C=O) groups excluding carboxylic acids is 2. The van der Waals surface area contributed by atoms with Gasteiger partial charge >= 0.3 is 0 Å². The van der Waals surface area contributed by atoms with Crippen molar-refractivity contribution in [2.24, 2.45) is 0 Å². The highest BCUT2D eigenvalue weighted by molar-refractivity contribution is 5.95. The first-order valence-corrected chi connectivity index (χ1v) is 9.02. The molecule has 6 nitrogen and oxygen atoms in total. The number of hydrazine groups is 1. The van der Waals surface area contributed by atoms with Crippen LogP contribution in [0, 0.1) is 0 Å². The molecule has 0 spiro atoms. The van der Waals surface area contributed by atoms with E-state index in [1.807, 2.05) is 18.2 Å². The molecule has 6 heteroatoms. The standard InChI is InChI=1S/C21H20N2O4/c24-20(22-23-21(25)14-6-2-1-3-7-14)13-26-15-10-11-19-17(12-15)16-8-4-5-9-18(16)27-19/h1-3,6-7,10-12H,4-5,8-9,13H2,(H,22,24)(H,23,25). The van der Waals surface area contributed by atoms with Crippen LogP contribution in [0.1, 0.15) is 34.5 Å². The molecule has 0 fully saturated rings. The van der Waals surface area contributed by atoms with Crippen molar-refractivity contribution in [3.8, 4) is 5.75 Å². The summed E-state index contributed by atoms with van der Waals surface area (Å²) in [6, 6.07) is 14.2. The molecule has 1 aliphatic carbocycles. The predicted octanol–water partition coefficient (Wildman–Crippen LogP) is 3.15. The van der Waals surface area contributed by atoms with Crippen LogP contribution in [-0.2, 0) is 17.6 Å². The number of furan rings is 1. The van der Waals surface area contributed by atoms with Gasteiger partial charge in [-0.3, -0.25) is 20.4 Å². The van der Waals surface area contributed by atoms with Gasteiger partial charge in [0.1, 0.15) is 17.1 Å². The highest BCUT2D eigenvalue weighted by atomic mass is 16.5. The van der Waals surface area contributed by atoms with Crippen LogP contribution >= 0.6 is 0 Å². The topological polar surface area (TPSA) is 80.6 Å². The number of aryl methyl sites for hydroxylation is 2. The van der Waals surface area contributed by atoms with Crippen molar-refractivity contribution in [1.82, 2.24) is 10.9 Å². The first-order chi connectivity index (χ1) is 13.2. The van der Waals surface area contributed by atoms with E-state index in [2.05, 4.69) is 10.9 Å². The molecule has 4 rings (SSSR count). The van der Waals surface area contributed by atoms with Crippen LogP contribution in [0.25, 0.3) is 11.0 Å². The minimum atomic E-state index is -0.436. The summed E-state index contributed by atoms with van der Waals surface area (Å²) < 4.78 is 11.5. The highest BCUT2D eigenvalue weighted by Gasteiger charge is 2.18. The highest BCUT2D eigenvalue weighted by Crippen LogP contribution is 2.33. The number of hydrogen-bond donors (Lipinski definition) is 2. The molecule has 2 N–H and O–H groups in total. The van der Waals surface area contributed by atoms with Gasteiger partial charge in [-0.15, -0.1) is 0 Å². The lowest BCUT2D eigenvalue weighted by Crippen LogP contribution is -2.43. The molecule has 0 saturated heterocycles. The van der Waals surface area contributed by atoms with Crippen LogP contribution in [0.5, 0.6) is 5.75 Å². The van der Waals surface area contributed by atoms with E-state index in [1.54, 1.807) is 30.3 Å². The van der Waals surface area contributed by atoms with Gasteiger partial charge in [-0.1, -0.05) is 18.2 Å². The second kappa shape index (κ2) is 7.53. The third-order valence-corrected chi connectivity index (χ3v) is 4.65. The summed E-state index contributed by atoms with van der Waals surface area (Å²) in [5.74, 6) is 0.847. The Hall–Kier alpha value is -3.28. The third-order valence-electron chi connectivity index (χ3n) is 4.65. The molecule has 1 aromatic heterocycles. The number of ether oxygens (including phenoxy) is 1. The van der Waals surface area contributed by atoms with Gasteiger partial charge in [0.25, 0.3) is 11.8 Å². The molecule has 1 aliphatic rings. The monoisotopic (exact) mass is 364 g/mol. The number of nitrogens with one attached hydrogen (secondary N) is 2. The average Bonchev–Trinajstić information content (AvgIpc) is 3.09. The van der Waals surface area contributed by atoms with E-state index in [0.717, 1.165) is 42.4 Å². The lowest BCUT2D eigenvalue weighted by Gasteiger charge is -2.10. The maximum atomic E-state index is 11.9. The first kappa shape index (κ1) is 17.1. The summed E-state index contributed by atoms with van der Waals surface area (Å²) in [6.07, 6.45) is 4.31. The second-order valence-corrected chi connectivity index (χ2v) is 6.53. The van der Waals surface area contributed by atoms with Crippen molar-refractivity contribution in [3.63, 3.8) is 0 Å². The van der Waals surface area contributed by atoms with E-state index in [1.165, 1.54) is 5.56 Å². The maximum absolute atomic E-state index is 11.9. The molecule has 1 heterocycles. The predicted molar refractivity (Wildman–Crippen MR) is 100 cm³/mol. The van der Waals surface area contributed by atoms with E-state index >= 15 is 0 Å². The first-order valence-electron chi connectivity index (χ1n) is 9.02. The number of carbonyl (C=O) groups is 2. The van der Waals surface area contributed by atoms with Crippen molar-refractivity contribution < 1.29 is 18.7 Å². The number of benzene rings is 2. The van der Waals surface area contributed by atoms with Gasteiger partial charge in [-0.2, -0.15) is 0 Å². The van der Waals surface area contributed by atoms with E-state index in [9.17, 15) is 9.59 Å². The van der Waals surface area contributed by atoms with Crippen LogP contribution < -0.4 is 15.6 Å². The molecular weight excluding hydrogens is 344 g/mol. The van der Waals surface area contributed by atoms with E-state index in [-0.39, 0.29) is 12.5 Å². The summed E-state index contributed by atoms with van der Waals surface area (Å²) in [4.78, 5) is 23.8. The van der Waals surface area contributed by atoms with Crippen LogP contribution in [-0.4, -0.2) is 18.4 Å². The largest absolute Gasteiger partial charge is 0.484 e. The number of amides is 2. The van der Waals surface area contributed by atoms with Crippen molar-refractivity contribution in [2.45, 2.75) is 25.7 Å². The van der Waals surface area contributed by atoms with Gasteiger partial charge in [-0.25, -0.2) is 0 Å². The summed E-state index contributed by atoms with van der Waals surface area (Å²) in [5, 5.41) is 1.06. The van der Waals surface area contributed by atoms with Gasteiger partial charge in [0.05, 0.1) is 0 Å². The van der Waals surface area contributed by atoms with Gasteiger partial charge in [0, 0.05) is 22.9 Å². The molecular formula is C21H20N2O4. The molecule has 0 aliphatic heterocycles. The molecule has 3 aromatic rings. The Morgan fingerprint density at radius 2 is 1.81 bits per heavy atom. The van der Waals surface area contributed by atoms with Gasteiger partial charge in [-0.05, 0) is 49.6 Å². The lowest BCUT2D eigenvalue weighted by molar-refractivity contribution is -0.123. The third kappa shape index (κ3) is 3.79. The Kier molecular flexibility index (Phi) is 4.78.